The molecule has 2 heterocycles. The van der Waals surface area contributed by atoms with Crippen molar-refractivity contribution in [1.82, 2.24) is 4.37 Å². The molecule has 0 aromatic carbocycles. The Hall–Kier alpha value is -0.620. The van der Waals surface area contributed by atoms with Crippen molar-refractivity contribution < 1.29 is 4.74 Å². The van der Waals surface area contributed by atoms with Crippen LogP contribution in [0, 0.1) is 0 Å². The van der Waals surface area contributed by atoms with Crippen LogP contribution in [0.1, 0.15) is 20.8 Å². The van der Waals surface area contributed by atoms with Crippen LogP contribution >= 0.6 is 23.3 Å². The minimum atomic E-state index is 0.127. The summed E-state index contributed by atoms with van der Waals surface area (Å²) in [6.07, 6.45) is 0.127. The SMILES string of the molecule is CC(C)Oc1c(N)nsc1N1CCSCC1C. The second kappa shape index (κ2) is 5.35. The molecule has 1 aromatic heterocycles. The number of aromatic nitrogens is 1. The number of anilines is 2. The quantitative estimate of drug-likeness (QED) is 0.917. The summed E-state index contributed by atoms with van der Waals surface area (Å²) in [6, 6.07) is 0.517. The second-order valence-corrected chi connectivity index (χ2v) is 6.39. The number of nitrogens with two attached hydrogens (primary N) is 1. The second-order valence-electron chi connectivity index (χ2n) is 4.49. The molecule has 1 unspecified atom stereocenters. The molecule has 0 spiro atoms. The first-order valence-electron chi connectivity index (χ1n) is 5.85. The minimum Gasteiger partial charge on any atom is -0.484 e. The first kappa shape index (κ1) is 12.8. The molecule has 96 valence electrons. The maximum absolute atomic E-state index is 5.88. The first-order valence-corrected chi connectivity index (χ1v) is 7.78. The lowest BCUT2D eigenvalue weighted by Gasteiger charge is -2.34. The van der Waals surface area contributed by atoms with Gasteiger partial charge in [0.2, 0.25) is 0 Å². The highest BCUT2D eigenvalue weighted by Gasteiger charge is 2.26. The van der Waals surface area contributed by atoms with Crippen LogP contribution in [-0.4, -0.2) is 34.6 Å². The van der Waals surface area contributed by atoms with Crippen LogP contribution < -0.4 is 15.4 Å². The fraction of sp³-hybridized carbons (Fsp3) is 0.727. The van der Waals surface area contributed by atoms with E-state index < -0.39 is 0 Å². The zero-order chi connectivity index (χ0) is 12.4. The van der Waals surface area contributed by atoms with Gasteiger partial charge in [-0.05, 0) is 32.3 Å². The molecule has 0 radical (unpaired) electrons. The fourth-order valence-electron chi connectivity index (χ4n) is 1.84. The number of hydrogen-bond acceptors (Lipinski definition) is 6. The summed E-state index contributed by atoms with van der Waals surface area (Å²) in [5.74, 6) is 3.59. The van der Waals surface area contributed by atoms with Crippen molar-refractivity contribution in [3.05, 3.63) is 0 Å². The molecule has 1 saturated heterocycles. The van der Waals surface area contributed by atoms with Crippen molar-refractivity contribution in [3.8, 4) is 5.75 Å². The van der Waals surface area contributed by atoms with E-state index in [9.17, 15) is 0 Å². The lowest BCUT2D eigenvalue weighted by atomic mass is 10.3. The number of nitrogen functional groups attached to an aromatic ring is 1. The van der Waals surface area contributed by atoms with Gasteiger partial charge in [-0.25, -0.2) is 0 Å². The zero-order valence-corrected chi connectivity index (χ0v) is 12.1. The molecule has 4 nitrogen and oxygen atoms in total. The van der Waals surface area contributed by atoms with Gasteiger partial charge in [0.05, 0.1) is 6.10 Å². The predicted octanol–water partition coefficient (Wildman–Crippen LogP) is 2.45. The minimum absolute atomic E-state index is 0.127. The third-order valence-electron chi connectivity index (χ3n) is 2.64. The van der Waals surface area contributed by atoms with Crippen LogP contribution in [0.4, 0.5) is 10.8 Å². The van der Waals surface area contributed by atoms with Crippen LogP contribution in [0.5, 0.6) is 5.75 Å². The van der Waals surface area contributed by atoms with E-state index in [1.165, 1.54) is 11.5 Å². The Kier molecular flexibility index (Phi) is 4.04. The van der Waals surface area contributed by atoms with Gasteiger partial charge in [0.1, 0.15) is 0 Å². The third kappa shape index (κ3) is 2.80. The highest BCUT2D eigenvalue weighted by molar-refractivity contribution is 7.99. The Bertz CT molecular complexity index is 381. The topological polar surface area (TPSA) is 51.4 Å². The van der Waals surface area contributed by atoms with E-state index in [-0.39, 0.29) is 6.10 Å². The van der Waals surface area contributed by atoms with Crippen LogP contribution in [0.25, 0.3) is 0 Å². The summed E-state index contributed by atoms with van der Waals surface area (Å²) >= 11 is 3.44. The standard InChI is InChI=1S/C11H19N3OS2/c1-7(2)15-9-10(12)13-17-11(9)14-4-5-16-6-8(14)3/h7-8H,4-6H2,1-3H3,(H2,12,13). The molecule has 2 N–H and O–H groups in total. The number of ether oxygens (including phenoxy) is 1. The zero-order valence-electron chi connectivity index (χ0n) is 10.5. The van der Waals surface area contributed by atoms with Gasteiger partial charge < -0.3 is 15.4 Å². The summed E-state index contributed by atoms with van der Waals surface area (Å²) < 4.78 is 10.0. The summed E-state index contributed by atoms with van der Waals surface area (Å²) in [5.41, 5.74) is 5.88. The number of rotatable bonds is 3. The Morgan fingerprint density at radius 3 is 2.94 bits per heavy atom. The Morgan fingerprint density at radius 1 is 1.53 bits per heavy atom. The average Bonchev–Trinajstić information content (AvgIpc) is 2.61. The van der Waals surface area contributed by atoms with Gasteiger partial charge in [-0.1, -0.05) is 0 Å². The Balaban J connectivity index is 2.24. The molecule has 1 fully saturated rings. The van der Waals surface area contributed by atoms with E-state index in [1.807, 2.05) is 25.6 Å². The van der Waals surface area contributed by atoms with Gasteiger partial charge in [-0.3, -0.25) is 0 Å². The molecule has 0 bridgehead atoms. The molecule has 0 amide bonds. The molecule has 1 aliphatic rings. The summed E-state index contributed by atoms with van der Waals surface area (Å²) in [6.45, 7) is 7.30. The summed E-state index contributed by atoms with van der Waals surface area (Å²) in [5, 5.41) is 1.09. The molecule has 1 aliphatic heterocycles. The van der Waals surface area contributed by atoms with Crippen molar-refractivity contribution in [2.45, 2.75) is 32.9 Å². The molecule has 0 aliphatic carbocycles. The maximum atomic E-state index is 5.88. The molecule has 1 aromatic rings. The summed E-state index contributed by atoms with van der Waals surface area (Å²) in [7, 11) is 0. The number of hydrogen-bond donors (Lipinski definition) is 1. The fourth-order valence-corrected chi connectivity index (χ4v) is 3.74. The lowest BCUT2D eigenvalue weighted by molar-refractivity contribution is 0.244. The van der Waals surface area contributed by atoms with E-state index >= 15 is 0 Å². The number of nitrogens with zero attached hydrogens (tertiary/aromatic N) is 2. The van der Waals surface area contributed by atoms with Crippen molar-refractivity contribution in [1.29, 1.82) is 0 Å². The molecule has 6 heteroatoms. The van der Waals surface area contributed by atoms with E-state index in [2.05, 4.69) is 16.2 Å². The van der Waals surface area contributed by atoms with E-state index in [1.54, 1.807) is 0 Å². The van der Waals surface area contributed by atoms with Crippen molar-refractivity contribution in [2.75, 3.05) is 28.7 Å². The largest absolute Gasteiger partial charge is 0.484 e. The smallest absolute Gasteiger partial charge is 0.198 e. The van der Waals surface area contributed by atoms with Gasteiger partial charge >= 0.3 is 0 Å². The van der Waals surface area contributed by atoms with Gasteiger partial charge in [-0.2, -0.15) is 16.1 Å². The lowest BCUT2D eigenvalue weighted by Crippen LogP contribution is -2.40. The highest BCUT2D eigenvalue weighted by Crippen LogP contribution is 2.41. The Labute approximate surface area is 111 Å². The highest BCUT2D eigenvalue weighted by atomic mass is 32.2. The van der Waals surface area contributed by atoms with Gasteiger partial charge in [-0.15, -0.1) is 0 Å². The first-order chi connectivity index (χ1) is 8.09. The molecular formula is C11H19N3OS2. The van der Waals surface area contributed by atoms with Gasteiger partial charge in [0.25, 0.3) is 0 Å². The molecule has 1 atom stereocenters. The summed E-state index contributed by atoms with van der Waals surface area (Å²) in [4.78, 5) is 2.36. The third-order valence-corrected chi connectivity index (χ3v) is 4.71. The van der Waals surface area contributed by atoms with Crippen LogP contribution in [-0.2, 0) is 0 Å². The van der Waals surface area contributed by atoms with Crippen molar-refractivity contribution in [3.63, 3.8) is 0 Å². The van der Waals surface area contributed by atoms with Gasteiger partial charge in [0, 0.05) is 24.1 Å². The normalized spacial score (nSPS) is 20.9. The predicted molar refractivity (Wildman–Crippen MR) is 76.4 cm³/mol. The molecule has 0 saturated carbocycles. The van der Waals surface area contributed by atoms with Crippen LogP contribution in [0.15, 0.2) is 0 Å². The number of thioether (sulfide) groups is 1. The van der Waals surface area contributed by atoms with Crippen molar-refractivity contribution >= 4 is 34.1 Å². The van der Waals surface area contributed by atoms with Crippen LogP contribution in [0.3, 0.4) is 0 Å². The van der Waals surface area contributed by atoms with E-state index in [4.69, 9.17) is 10.5 Å². The maximum Gasteiger partial charge on any atom is 0.198 e. The van der Waals surface area contributed by atoms with Crippen molar-refractivity contribution in [2.24, 2.45) is 0 Å². The van der Waals surface area contributed by atoms with E-state index in [0.717, 1.165) is 28.8 Å². The van der Waals surface area contributed by atoms with E-state index in [0.29, 0.717) is 11.9 Å². The molecule has 2 rings (SSSR count). The van der Waals surface area contributed by atoms with Gasteiger partial charge in [0.15, 0.2) is 16.6 Å². The Morgan fingerprint density at radius 2 is 2.29 bits per heavy atom. The monoisotopic (exact) mass is 273 g/mol. The average molecular weight is 273 g/mol. The van der Waals surface area contributed by atoms with Crippen LogP contribution in [0.2, 0.25) is 0 Å². The molecular weight excluding hydrogens is 254 g/mol. The molecule has 17 heavy (non-hydrogen) atoms.